The fourth-order valence-electron chi connectivity index (χ4n) is 0.755. The zero-order valence-electron chi connectivity index (χ0n) is 9.35. The summed E-state index contributed by atoms with van der Waals surface area (Å²) in [5, 5.41) is 16.2. The molecule has 0 aromatic heterocycles. The number of aliphatic hydroxyl groups is 2. The molecule has 15 heavy (non-hydrogen) atoms. The molecule has 0 amide bonds. The number of epoxide rings is 1. The van der Waals surface area contributed by atoms with Gasteiger partial charge in [-0.05, 0) is 6.42 Å². The maximum atomic E-state index is 8.09. The monoisotopic (exact) mass is 222 g/mol. The van der Waals surface area contributed by atoms with Crippen molar-refractivity contribution in [2.75, 3.05) is 46.2 Å². The molecule has 1 fully saturated rings. The van der Waals surface area contributed by atoms with Crippen LogP contribution in [0.5, 0.6) is 0 Å². The minimum atomic E-state index is 0.0278. The summed E-state index contributed by atoms with van der Waals surface area (Å²) in [5.41, 5.74) is 0. The van der Waals surface area contributed by atoms with Gasteiger partial charge in [0.15, 0.2) is 0 Å². The molecule has 1 unspecified atom stereocenters. The van der Waals surface area contributed by atoms with Crippen LogP contribution in [0.4, 0.5) is 0 Å². The smallest absolute Gasteiger partial charge is 0.104 e. The van der Waals surface area contributed by atoms with Crippen molar-refractivity contribution < 1.29 is 24.4 Å². The van der Waals surface area contributed by atoms with Crippen LogP contribution in [-0.2, 0) is 14.2 Å². The average molecular weight is 222 g/mol. The second-order valence-electron chi connectivity index (χ2n) is 3.09. The van der Waals surface area contributed by atoms with Crippen LogP contribution in [0, 0.1) is 0 Å². The van der Waals surface area contributed by atoms with E-state index in [0.717, 1.165) is 26.2 Å². The van der Waals surface area contributed by atoms with Gasteiger partial charge in [-0.1, -0.05) is 6.92 Å². The van der Waals surface area contributed by atoms with Crippen molar-refractivity contribution in [1.82, 2.24) is 0 Å². The lowest BCUT2D eigenvalue weighted by Gasteiger charge is -1.95. The summed E-state index contributed by atoms with van der Waals surface area (Å²) < 4.78 is 14.7. The van der Waals surface area contributed by atoms with Gasteiger partial charge in [0, 0.05) is 6.61 Å². The molecule has 1 saturated heterocycles. The first kappa shape index (κ1) is 14.8. The van der Waals surface area contributed by atoms with Crippen LogP contribution >= 0.6 is 0 Å². The Morgan fingerprint density at radius 3 is 2.13 bits per heavy atom. The molecule has 0 aromatic carbocycles. The molecule has 2 N–H and O–H groups in total. The van der Waals surface area contributed by atoms with Gasteiger partial charge in [-0.3, -0.25) is 0 Å². The van der Waals surface area contributed by atoms with Gasteiger partial charge in [0.2, 0.25) is 0 Å². The van der Waals surface area contributed by atoms with Crippen molar-refractivity contribution in [1.29, 1.82) is 0 Å². The van der Waals surface area contributed by atoms with Crippen LogP contribution in [-0.4, -0.2) is 62.6 Å². The van der Waals surface area contributed by atoms with Crippen molar-refractivity contribution in [3.63, 3.8) is 0 Å². The number of ether oxygens (including phenoxy) is 3. The maximum absolute atomic E-state index is 8.09. The Labute approximate surface area is 91.0 Å². The van der Waals surface area contributed by atoms with Crippen molar-refractivity contribution >= 4 is 0 Å². The summed E-state index contributed by atoms with van der Waals surface area (Å²) in [7, 11) is 0. The van der Waals surface area contributed by atoms with Crippen LogP contribution in [0.1, 0.15) is 13.3 Å². The van der Waals surface area contributed by atoms with Gasteiger partial charge in [-0.15, -0.1) is 0 Å². The van der Waals surface area contributed by atoms with Crippen LogP contribution in [0.2, 0.25) is 0 Å². The fraction of sp³-hybridized carbons (Fsp3) is 1.00. The SMILES string of the molecule is CCCOCC1CO1.OCCOCCO. The first-order valence-corrected chi connectivity index (χ1v) is 5.34. The van der Waals surface area contributed by atoms with E-state index in [9.17, 15) is 0 Å². The molecule has 0 saturated carbocycles. The van der Waals surface area contributed by atoms with Gasteiger partial charge in [0.05, 0.1) is 39.6 Å². The molecule has 92 valence electrons. The Morgan fingerprint density at radius 2 is 1.73 bits per heavy atom. The summed E-state index contributed by atoms with van der Waals surface area (Å²) >= 11 is 0. The zero-order valence-corrected chi connectivity index (χ0v) is 9.35. The van der Waals surface area contributed by atoms with E-state index in [0.29, 0.717) is 19.3 Å². The number of hydrogen-bond donors (Lipinski definition) is 2. The van der Waals surface area contributed by atoms with Gasteiger partial charge in [-0.25, -0.2) is 0 Å². The second kappa shape index (κ2) is 11.9. The molecule has 0 spiro atoms. The molecule has 0 radical (unpaired) electrons. The quantitative estimate of drug-likeness (QED) is 0.439. The van der Waals surface area contributed by atoms with Crippen molar-refractivity contribution in [3.05, 3.63) is 0 Å². The summed E-state index contributed by atoms with van der Waals surface area (Å²) in [6.45, 7) is 5.38. The minimum absolute atomic E-state index is 0.0278. The molecule has 0 aliphatic carbocycles. The molecule has 0 aromatic rings. The van der Waals surface area contributed by atoms with Crippen LogP contribution < -0.4 is 0 Å². The standard InChI is InChI=1S/C6H12O2.C4H10O3/c1-2-3-7-4-6-5-8-6;5-1-3-7-4-2-6/h6H,2-5H2,1H3;5-6H,1-4H2. The molecule has 1 atom stereocenters. The normalized spacial score (nSPS) is 18.2. The first-order valence-electron chi connectivity index (χ1n) is 5.34. The van der Waals surface area contributed by atoms with Gasteiger partial charge in [0.1, 0.15) is 6.10 Å². The highest BCUT2D eigenvalue weighted by Crippen LogP contribution is 2.08. The first-order chi connectivity index (χ1) is 7.35. The Balaban J connectivity index is 0.000000265. The van der Waals surface area contributed by atoms with E-state index in [1.807, 2.05) is 0 Å². The van der Waals surface area contributed by atoms with Crippen LogP contribution in [0.15, 0.2) is 0 Å². The predicted octanol–water partition coefficient (Wildman–Crippen LogP) is -0.201. The van der Waals surface area contributed by atoms with Gasteiger partial charge in [-0.2, -0.15) is 0 Å². The molecule has 1 heterocycles. The van der Waals surface area contributed by atoms with E-state index in [1.54, 1.807) is 0 Å². The topological polar surface area (TPSA) is 71.5 Å². The lowest BCUT2D eigenvalue weighted by Crippen LogP contribution is -2.03. The van der Waals surface area contributed by atoms with Gasteiger partial charge < -0.3 is 24.4 Å². The number of hydrogen-bond acceptors (Lipinski definition) is 5. The summed E-state index contributed by atoms with van der Waals surface area (Å²) in [6.07, 6.45) is 1.54. The summed E-state index contributed by atoms with van der Waals surface area (Å²) in [4.78, 5) is 0. The second-order valence-corrected chi connectivity index (χ2v) is 3.09. The minimum Gasteiger partial charge on any atom is -0.394 e. The molecule has 1 aliphatic heterocycles. The Kier molecular flexibility index (Phi) is 11.7. The third-order valence-electron chi connectivity index (χ3n) is 1.53. The highest BCUT2D eigenvalue weighted by atomic mass is 16.6. The highest BCUT2D eigenvalue weighted by Gasteiger charge is 2.21. The fourth-order valence-corrected chi connectivity index (χ4v) is 0.755. The maximum Gasteiger partial charge on any atom is 0.104 e. The van der Waals surface area contributed by atoms with Crippen molar-refractivity contribution in [3.8, 4) is 0 Å². The van der Waals surface area contributed by atoms with Crippen LogP contribution in [0.3, 0.4) is 0 Å². The van der Waals surface area contributed by atoms with E-state index in [1.165, 1.54) is 0 Å². The third kappa shape index (κ3) is 13.8. The van der Waals surface area contributed by atoms with Crippen molar-refractivity contribution in [2.24, 2.45) is 0 Å². The van der Waals surface area contributed by atoms with Crippen LogP contribution in [0.25, 0.3) is 0 Å². The average Bonchev–Trinajstić information content (AvgIpc) is 3.04. The number of rotatable bonds is 8. The molecule has 5 nitrogen and oxygen atoms in total. The third-order valence-corrected chi connectivity index (χ3v) is 1.53. The lowest BCUT2D eigenvalue weighted by atomic mass is 10.5. The predicted molar refractivity (Wildman–Crippen MR) is 55.8 cm³/mol. The largest absolute Gasteiger partial charge is 0.394 e. The van der Waals surface area contributed by atoms with E-state index in [4.69, 9.17) is 19.7 Å². The molecular weight excluding hydrogens is 200 g/mol. The Bertz CT molecular complexity index is 112. The highest BCUT2D eigenvalue weighted by molar-refractivity contribution is 4.66. The van der Waals surface area contributed by atoms with E-state index >= 15 is 0 Å². The molecule has 0 bridgehead atoms. The van der Waals surface area contributed by atoms with Crippen molar-refractivity contribution in [2.45, 2.75) is 19.4 Å². The Hall–Kier alpha value is -0.200. The summed E-state index contributed by atoms with van der Waals surface area (Å²) in [5.74, 6) is 0. The summed E-state index contributed by atoms with van der Waals surface area (Å²) in [6, 6.07) is 0. The molecule has 1 aliphatic rings. The van der Waals surface area contributed by atoms with E-state index < -0.39 is 0 Å². The molecule has 1 rings (SSSR count). The molecular formula is C10H22O5. The van der Waals surface area contributed by atoms with Gasteiger partial charge >= 0.3 is 0 Å². The molecule has 5 heteroatoms. The lowest BCUT2D eigenvalue weighted by molar-refractivity contribution is 0.0650. The van der Waals surface area contributed by atoms with Gasteiger partial charge in [0.25, 0.3) is 0 Å². The Morgan fingerprint density at radius 1 is 1.13 bits per heavy atom. The van der Waals surface area contributed by atoms with E-state index in [-0.39, 0.29) is 13.2 Å². The number of aliphatic hydroxyl groups excluding tert-OH is 2. The zero-order chi connectivity index (χ0) is 11.4. The van der Waals surface area contributed by atoms with E-state index in [2.05, 4.69) is 11.7 Å².